The van der Waals surface area contributed by atoms with E-state index in [0.717, 1.165) is 7.11 Å². The molecule has 1 rings (SSSR count). The molecule has 1 saturated heterocycles. The minimum atomic E-state index is -3.80. The standard InChI is InChI=1S/C12H21NO6S/c1-4-19-12(15)10-6-5-7-13(8-10)20(16,17)9(2)11(14)18-3/h9-10H,4-8H2,1-3H3. The van der Waals surface area contributed by atoms with Crippen molar-refractivity contribution >= 4 is 22.0 Å². The van der Waals surface area contributed by atoms with Gasteiger partial charge in [0.2, 0.25) is 10.0 Å². The van der Waals surface area contributed by atoms with E-state index < -0.39 is 33.1 Å². The van der Waals surface area contributed by atoms with Crippen LogP contribution in [0.25, 0.3) is 0 Å². The molecule has 0 aromatic carbocycles. The van der Waals surface area contributed by atoms with E-state index in [4.69, 9.17) is 4.74 Å². The molecule has 0 N–H and O–H groups in total. The summed E-state index contributed by atoms with van der Waals surface area (Å²) in [7, 11) is -2.66. The first-order valence-corrected chi connectivity index (χ1v) is 8.08. The highest BCUT2D eigenvalue weighted by Gasteiger charge is 2.39. The number of hydrogen-bond acceptors (Lipinski definition) is 6. The first-order valence-electron chi connectivity index (χ1n) is 6.58. The van der Waals surface area contributed by atoms with Crippen molar-refractivity contribution in [1.29, 1.82) is 0 Å². The normalized spacial score (nSPS) is 22.1. The maximum atomic E-state index is 12.3. The molecule has 1 aliphatic rings. The fraction of sp³-hybridized carbons (Fsp3) is 0.833. The molecule has 0 amide bonds. The molecule has 2 atom stereocenters. The number of hydrogen-bond donors (Lipinski definition) is 0. The number of nitrogens with zero attached hydrogens (tertiary/aromatic N) is 1. The average molecular weight is 307 g/mol. The lowest BCUT2D eigenvalue weighted by atomic mass is 10.0. The molecule has 1 aliphatic heterocycles. The molecule has 0 aromatic rings. The smallest absolute Gasteiger partial charge is 0.325 e. The summed E-state index contributed by atoms with van der Waals surface area (Å²) in [5, 5.41) is -1.27. The topological polar surface area (TPSA) is 90.0 Å². The number of sulfonamides is 1. The summed E-state index contributed by atoms with van der Waals surface area (Å²) in [6.45, 7) is 3.62. The fourth-order valence-electron chi connectivity index (χ4n) is 2.14. The zero-order chi connectivity index (χ0) is 15.3. The van der Waals surface area contributed by atoms with Crippen molar-refractivity contribution in [1.82, 2.24) is 4.31 Å². The molecule has 0 bridgehead atoms. The van der Waals surface area contributed by atoms with Gasteiger partial charge < -0.3 is 9.47 Å². The van der Waals surface area contributed by atoms with E-state index in [0.29, 0.717) is 19.4 Å². The highest BCUT2D eigenvalue weighted by atomic mass is 32.2. The van der Waals surface area contributed by atoms with Gasteiger partial charge in [-0.3, -0.25) is 9.59 Å². The largest absolute Gasteiger partial charge is 0.468 e. The van der Waals surface area contributed by atoms with Gasteiger partial charge in [-0.05, 0) is 26.7 Å². The van der Waals surface area contributed by atoms with Crippen molar-refractivity contribution < 1.29 is 27.5 Å². The van der Waals surface area contributed by atoms with Crippen LogP contribution in [0.15, 0.2) is 0 Å². The molecule has 0 spiro atoms. The highest BCUT2D eigenvalue weighted by molar-refractivity contribution is 7.90. The van der Waals surface area contributed by atoms with Crippen LogP contribution in [0.5, 0.6) is 0 Å². The molecule has 116 valence electrons. The first kappa shape index (κ1) is 16.9. The molecule has 7 nitrogen and oxygen atoms in total. The second-order valence-corrected chi connectivity index (χ2v) is 6.91. The van der Waals surface area contributed by atoms with Gasteiger partial charge in [0, 0.05) is 13.1 Å². The Kier molecular flexibility index (Phi) is 5.94. The van der Waals surface area contributed by atoms with E-state index in [1.165, 1.54) is 11.2 Å². The highest BCUT2D eigenvalue weighted by Crippen LogP contribution is 2.22. The molecule has 0 aliphatic carbocycles. The molecular formula is C12H21NO6S. The Balaban J connectivity index is 2.80. The maximum Gasteiger partial charge on any atom is 0.325 e. The SMILES string of the molecule is CCOC(=O)C1CCCN(S(=O)(=O)C(C)C(=O)OC)C1. The number of carbonyl (C=O) groups is 2. The Hall–Kier alpha value is -1.15. The van der Waals surface area contributed by atoms with Crippen LogP contribution in [0.4, 0.5) is 0 Å². The first-order chi connectivity index (χ1) is 9.34. The molecule has 1 heterocycles. The number of ether oxygens (including phenoxy) is 2. The van der Waals surface area contributed by atoms with Crippen molar-refractivity contribution in [3.8, 4) is 0 Å². The van der Waals surface area contributed by atoms with Gasteiger partial charge in [-0.15, -0.1) is 0 Å². The molecule has 8 heteroatoms. The maximum absolute atomic E-state index is 12.3. The third-order valence-electron chi connectivity index (χ3n) is 3.34. The van der Waals surface area contributed by atoms with Gasteiger partial charge >= 0.3 is 11.9 Å². The van der Waals surface area contributed by atoms with Crippen molar-refractivity contribution in [3.05, 3.63) is 0 Å². The van der Waals surface area contributed by atoms with Gasteiger partial charge in [0.15, 0.2) is 5.25 Å². The van der Waals surface area contributed by atoms with Crippen molar-refractivity contribution in [2.45, 2.75) is 31.9 Å². The predicted octanol–water partition coefficient (Wildman–Crippen LogP) is 0.153. The monoisotopic (exact) mass is 307 g/mol. The van der Waals surface area contributed by atoms with Gasteiger partial charge in [-0.1, -0.05) is 0 Å². The summed E-state index contributed by atoms with van der Waals surface area (Å²) < 4.78 is 35.1. The molecule has 1 fully saturated rings. The van der Waals surface area contributed by atoms with Crippen molar-refractivity contribution in [2.75, 3.05) is 26.8 Å². The number of rotatable bonds is 5. The van der Waals surface area contributed by atoms with E-state index >= 15 is 0 Å². The molecule has 0 aromatic heterocycles. The van der Waals surface area contributed by atoms with Crippen LogP contribution < -0.4 is 0 Å². The Morgan fingerprint density at radius 1 is 1.40 bits per heavy atom. The predicted molar refractivity (Wildman–Crippen MR) is 71.3 cm³/mol. The number of methoxy groups -OCH3 is 1. The summed E-state index contributed by atoms with van der Waals surface area (Å²) >= 11 is 0. The van der Waals surface area contributed by atoms with Gasteiger partial charge in [0.05, 0.1) is 19.6 Å². The van der Waals surface area contributed by atoms with Crippen LogP contribution in [0, 0.1) is 5.92 Å². The molecule has 2 unspecified atom stereocenters. The molecule has 20 heavy (non-hydrogen) atoms. The Morgan fingerprint density at radius 3 is 2.60 bits per heavy atom. The third-order valence-corrected chi connectivity index (χ3v) is 5.48. The molecule has 0 saturated carbocycles. The Morgan fingerprint density at radius 2 is 2.05 bits per heavy atom. The van der Waals surface area contributed by atoms with Crippen molar-refractivity contribution in [3.63, 3.8) is 0 Å². The van der Waals surface area contributed by atoms with Crippen LogP contribution in [0.2, 0.25) is 0 Å². The van der Waals surface area contributed by atoms with Gasteiger partial charge in [0.1, 0.15) is 0 Å². The summed E-state index contributed by atoms with van der Waals surface area (Å²) in [5.74, 6) is -1.66. The van der Waals surface area contributed by atoms with Crippen molar-refractivity contribution in [2.24, 2.45) is 5.92 Å². The van der Waals surface area contributed by atoms with Gasteiger partial charge in [0.25, 0.3) is 0 Å². The van der Waals surface area contributed by atoms with Crippen LogP contribution in [0.1, 0.15) is 26.7 Å². The van der Waals surface area contributed by atoms with Gasteiger partial charge in [-0.25, -0.2) is 12.7 Å². The summed E-state index contributed by atoms with van der Waals surface area (Å²) in [5.41, 5.74) is 0. The van der Waals surface area contributed by atoms with E-state index in [1.807, 2.05) is 0 Å². The zero-order valence-electron chi connectivity index (χ0n) is 12.0. The quantitative estimate of drug-likeness (QED) is 0.672. The van der Waals surface area contributed by atoms with E-state index in [-0.39, 0.29) is 13.2 Å². The Bertz CT molecular complexity index is 461. The second kappa shape index (κ2) is 7.03. The lowest BCUT2D eigenvalue weighted by Gasteiger charge is -2.31. The number of carbonyl (C=O) groups excluding carboxylic acids is 2. The minimum Gasteiger partial charge on any atom is -0.468 e. The van der Waals surface area contributed by atoms with Crippen LogP contribution in [-0.2, 0) is 29.1 Å². The number of esters is 2. The summed E-state index contributed by atoms with van der Waals surface area (Å²) in [6.07, 6.45) is 1.16. The van der Waals surface area contributed by atoms with Crippen LogP contribution in [-0.4, -0.2) is 56.7 Å². The van der Waals surface area contributed by atoms with E-state index in [2.05, 4.69) is 4.74 Å². The lowest BCUT2D eigenvalue weighted by Crippen LogP contribution is -2.47. The summed E-state index contributed by atoms with van der Waals surface area (Å²) in [4.78, 5) is 23.1. The van der Waals surface area contributed by atoms with E-state index in [9.17, 15) is 18.0 Å². The molecular weight excluding hydrogens is 286 g/mol. The van der Waals surface area contributed by atoms with Gasteiger partial charge in [-0.2, -0.15) is 0 Å². The third kappa shape index (κ3) is 3.69. The lowest BCUT2D eigenvalue weighted by molar-refractivity contribution is -0.149. The van der Waals surface area contributed by atoms with E-state index in [1.54, 1.807) is 6.92 Å². The fourth-order valence-corrected chi connectivity index (χ4v) is 3.70. The number of piperidine rings is 1. The van der Waals surface area contributed by atoms with Crippen LogP contribution in [0.3, 0.4) is 0 Å². The average Bonchev–Trinajstić information content (AvgIpc) is 2.45. The van der Waals surface area contributed by atoms with Crippen LogP contribution >= 0.6 is 0 Å². The molecule has 0 radical (unpaired) electrons. The minimum absolute atomic E-state index is 0.0580. The zero-order valence-corrected chi connectivity index (χ0v) is 12.8. The second-order valence-electron chi connectivity index (χ2n) is 4.66. The summed E-state index contributed by atoms with van der Waals surface area (Å²) in [6, 6.07) is 0. The Labute approximate surface area is 119 Å².